The van der Waals surface area contributed by atoms with Crippen molar-refractivity contribution in [2.45, 2.75) is 17.5 Å². The largest absolute Gasteiger partial charge is 0.481 e. The predicted molar refractivity (Wildman–Crippen MR) is 112 cm³/mol. The second-order valence-electron chi connectivity index (χ2n) is 6.83. The van der Waals surface area contributed by atoms with Gasteiger partial charge in [0.1, 0.15) is 5.82 Å². The van der Waals surface area contributed by atoms with Gasteiger partial charge in [0.2, 0.25) is 0 Å². The summed E-state index contributed by atoms with van der Waals surface area (Å²) in [5.74, 6) is 3.32. The quantitative estimate of drug-likeness (QED) is 0.631. The van der Waals surface area contributed by atoms with Crippen molar-refractivity contribution in [2.24, 2.45) is 0 Å². The van der Waals surface area contributed by atoms with E-state index in [1.807, 2.05) is 4.90 Å². The summed E-state index contributed by atoms with van der Waals surface area (Å²) in [6, 6.07) is 7.21. The Labute approximate surface area is 180 Å². The van der Waals surface area contributed by atoms with Crippen LogP contribution in [0.2, 0.25) is 0 Å². The van der Waals surface area contributed by atoms with E-state index in [2.05, 4.69) is 26.8 Å². The molecule has 0 saturated carbocycles. The lowest BCUT2D eigenvalue weighted by atomic mass is 10.2. The summed E-state index contributed by atoms with van der Waals surface area (Å²) in [5.41, 5.74) is -0.298. The van der Waals surface area contributed by atoms with Crippen molar-refractivity contribution in [2.75, 3.05) is 31.1 Å². The first-order valence-electron chi connectivity index (χ1n) is 8.88. The second-order valence-corrected chi connectivity index (χ2v) is 10.0. The van der Waals surface area contributed by atoms with Crippen LogP contribution >= 0.6 is 15.9 Å². The van der Waals surface area contributed by atoms with E-state index in [1.165, 1.54) is 6.07 Å². The molecule has 1 N–H and O–H groups in total. The number of piperazine rings is 1. The molecule has 1 unspecified atom stereocenters. The lowest BCUT2D eigenvalue weighted by Crippen LogP contribution is -2.48. The molecule has 3 rings (SSSR count). The van der Waals surface area contributed by atoms with E-state index in [1.54, 1.807) is 22.5 Å². The summed E-state index contributed by atoms with van der Waals surface area (Å²) >= 11 is 3.32. The third-order valence-corrected chi connectivity index (χ3v) is 7.34. The van der Waals surface area contributed by atoms with E-state index in [-0.39, 0.29) is 6.42 Å². The molecule has 0 spiro atoms. The number of rotatable bonds is 5. The van der Waals surface area contributed by atoms with Crippen molar-refractivity contribution in [3.05, 3.63) is 52.1 Å². The number of halogens is 4. The predicted octanol–water partition coefficient (Wildman–Crippen LogP) is 3.30. The van der Waals surface area contributed by atoms with Gasteiger partial charge in [-0.2, -0.15) is 13.2 Å². The number of alkyl halides is 3. The van der Waals surface area contributed by atoms with Crippen LogP contribution in [0.25, 0.3) is 0 Å². The van der Waals surface area contributed by atoms with Gasteiger partial charge in [-0.25, -0.2) is 13.5 Å². The minimum atomic E-state index is -4.44. The average Bonchev–Trinajstić information content (AvgIpc) is 2.66. The Kier molecular flexibility index (Phi) is 6.44. The Hall–Kier alpha value is -2.11. The molecule has 1 saturated heterocycles. The monoisotopic (exact) mass is 505 g/mol. The Morgan fingerprint density at radius 3 is 2.40 bits per heavy atom. The first kappa shape index (κ1) is 22.6. The first-order valence-corrected chi connectivity index (χ1v) is 11.4. The molecule has 6 nitrogen and oxygen atoms in total. The molecule has 1 aromatic carbocycles. The van der Waals surface area contributed by atoms with Gasteiger partial charge in [0.25, 0.3) is 0 Å². The number of anilines is 1. The first-order chi connectivity index (χ1) is 14.0. The Bertz CT molecular complexity index is 1040. The fourth-order valence-corrected chi connectivity index (χ4v) is 5.57. The van der Waals surface area contributed by atoms with Crippen LogP contribution in [0.4, 0.5) is 19.0 Å². The van der Waals surface area contributed by atoms with Gasteiger partial charge in [0.15, 0.2) is 0 Å². The smallest absolute Gasteiger partial charge is 0.417 e. The summed E-state index contributed by atoms with van der Waals surface area (Å²) in [4.78, 5) is 17.2. The van der Waals surface area contributed by atoms with Gasteiger partial charge in [-0.3, -0.25) is 4.79 Å². The van der Waals surface area contributed by atoms with Crippen LogP contribution < -0.4 is 4.90 Å². The van der Waals surface area contributed by atoms with Crippen molar-refractivity contribution in [1.82, 2.24) is 9.29 Å². The number of carbonyl (C=O) groups is 1. The molecular weight excluding hydrogens is 487 g/mol. The Morgan fingerprint density at radius 1 is 1.20 bits per heavy atom. The Morgan fingerprint density at radius 2 is 1.87 bits per heavy atom. The van der Waals surface area contributed by atoms with Crippen LogP contribution in [0.5, 0.6) is 0 Å². The van der Waals surface area contributed by atoms with Gasteiger partial charge in [-0.1, -0.05) is 15.9 Å². The van der Waals surface area contributed by atoms with Crippen LogP contribution in [-0.4, -0.2) is 56.6 Å². The van der Waals surface area contributed by atoms with E-state index >= 15 is 0 Å². The van der Waals surface area contributed by atoms with Crippen LogP contribution in [0.1, 0.15) is 11.1 Å². The van der Waals surface area contributed by atoms with Crippen molar-refractivity contribution in [1.29, 1.82) is 0 Å². The number of carboxylic acid groups (broad SMARTS) is 1. The minimum absolute atomic E-state index is 0.199. The summed E-state index contributed by atoms with van der Waals surface area (Å²) in [6.45, 7) is 1.57. The van der Waals surface area contributed by atoms with Crippen molar-refractivity contribution in [3.8, 4) is 0 Å². The topological polar surface area (TPSA) is 73.7 Å². The molecule has 0 amide bonds. The fraction of sp³-hybridized carbons (Fsp3) is 0.316. The Balaban J connectivity index is 1.72. The van der Waals surface area contributed by atoms with Gasteiger partial charge >= 0.3 is 12.1 Å². The van der Waals surface area contributed by atoms with E-state index in [4.69, 9.17) is 5.11 Å². The number of nitrogens with zero attached hydrogens (tertiary/aromatic N) is 3. The number of aliphatic carboxylic acids is 1. The zero-order valence-corrected chi connectivity index (χ0v) is 18.1. The molecule has 11 heteroatoms. The number of pyridine rings is 1. The third-order valence-electron chi connectivity index (χ3n) is 4.71. The van der Waals surface area contributed by atoms with E-state index in [0.717, 1.165) is 12.3 Å². The normalized spacial score (nSPS) is 17.5. The average molecular weight is 506 g/mol. The molecule has 162 valence electrons. The summed E-state index contributed by atoms with van der Waals surface area (Å²) in [5, 5.41) is 9.01. The molecule has 0 radical (unpaired) electrons. The van der Waals surface area contributed by atoms with Gasteiger partial charge in [0.05, 0.1) is 21.7 Å². The number of carboxylic acids is 1. The maximum Gasteiger partial charge on any atom is 0.417 e. The molecule has 0 bridgehead atoms. The molecule has 1 aromatic heterocycles. The second kappa shape index (κ2) is 8.56. The van der Waals surface area contributed by atoms with E-state index in [9.17, 15) is 22.2 Å². The molecule has 0 aliphatic carbocycles. The highest BCUT2D eigenvalue weighted by Gasteiger charge is 2.31. The highest BCUT2D eigenvalue weighted by molar-refractivity contribution is 9.10. The fourth-order valence-electron chi connectivity index (χ4n) is 3.18. The maximum atomic E-state index is 13.4. The van der Waals surface area contributed by atoms with Crippen LogP contribution in [0.3, 0.4) is 0 Å². The molecule has 1 aliphatic rings. The summed E-state index contributed by atoms with van der Waals surface area (Å²) in [6.07, 6.45) is -3.83. The highest BCUT2D eigenvalue weighted by atomic mass is 79.9. The molecule has 1 fully saturated rings. The zero-order valence-electron chi connectivity index (χ0n) is 15.7. The summed E-state index contributed by atoms with van der Waals surface area (Å²) < 4.78 is 53.8. The van der Waals surface area contributed by atoms with Gasteiger partial charge < -0.3 is 10.0 Å². The SMILES string of the molecule is C=S(=O)(c1cc(Br)cc(CC(=O)O)c1)N1CCN(c2ccc(C(F)(F)F)cn2)CC1. The number of hydrogen-bond donors (Lipinski definition) is 1. The molecular formula is C19H19BrF3N3O3S. The van der Waals surface area contributed by atoms with E-state index < -0.39 is 27.4 Å². The molecule has 30 heavy (non-hydrogen) atoms. The summed E-state index contributed by atoms with van der Waals surface area (Å²) in [7, 11) is -2.86. The van der Waals surface area contributed by atoms with Gasteiger partial charge in [-0.15, -0.1) is 0 Å². The standard InChI is InChI=1S/C19H19BrF3N3O3S/c1-30(29,16-9-13(10-18(27)28)8-15(20)11-16)26-6-4-25(5-7-26)17-3-2-14(12-24-17)19(21,22)23/h2-3,8-9,11-12H,1,4-7,10H2,(H,27,28). The van der Waals surface area contributed by atoms with Gasteiger partial charge in [-0.05, 0) is 41.8 Å². The van der Waals surface area contributed by atoms with Crippen molar-refractivity contribution < 1.29 is 27.3 Å². The van der Waals surface area contributed by atoms with Gasteiger partial charge in [0, 0.05) is 41.7 Å². The van der Waals surface area contributed by atoms with Crippen LogP contribution in [0, 0.1) is 0 Å². The van der Waals surface area contributed by atoms with Crippen molar-refractivity contribution in [3.63, 3.8) is 0 Å². The molecule has 1 atom stereocenters. The minimum Gasteiger partial charge on any atom is -0.481 e. The zero-order chi connectivity index (χ0) is 22.1. The highest BCUT2D eigenvalue weighted by Crippen LogP contribution is 2.30. The number of aromatic nitrogens is 1. The third kappa shape index (κ3) is 5.13. The lowest BCUT2D eigenvalue weighted by Gasteiger charge is -2.37. The maximum absolute atomic E-state index is 13.4. The van der Waals surface area contributed by atoms with Crippen molar-refractivity contribution >= 4 is 43.3 Å². The van der Waals surface area contributed by atoms with E-state index in [0.29, 0.717) is 46.9 Å². The number of benzene rings is 1. The van der Waals surface area contributed by atoms with Crippen LogP contribution in [0.15, 0.2) is 45.9 Å². The lowest BCUT2D eigenvalue weighted by molar-refractivity contribution is -0.138. The molecule has 2 heterocycles. The van der Waals surface area contributed by atoms with Crippen LogP contribution in [-0.2, 0) is 27.1 Å². The number of hydrogen-bond acceptors (Lipinski definition) is 4. The molecule has 1 aliphatic heterocycles. The molecule has 2 aromatic rings.